The number of nitrogens with one attached hydrogen (secondary N) is 2. The lowest BCUT2D eigenvalue weighted by atomic mass is 10.1. The fourth-order valence-corrected chi connectivity index (χ4v) is 3.90. The molecule has 0 spiro atoms. The Labute approximate surface area is 157 Å². The Kier molecular flexibility index (Phi) is 4.63. The van der Waals surface area contributed by atoms with Gasteiger partial charge >= 0.3 is 0 Å². The molecule has 11 heteroatoms. The van der Waals surface area contributed by atoms with Crippen molar-refractivity contribution in [2.45, 2.75) is 12.5 Å². The monoisotopic (exact) mass is 388 g/mol. The minimum absolute atomic E-state index is 0.109. The molecule has 2 aromatic heterocycles. The topological polar surface area (TPSA) is 122 Å². The molecular weight excluding hydrogens is 372 g/mol. The van der Waals surface area contributed by atoms with Crippen molar-refractivity contribution in [1.82, 2.24) is 20.4 Å². The summed E-state index contributed by atoms with van der Waals surface area (Å²) in [6.45, 7) is 1.59. The third-order valence-corrected chi connectivity index (χ3v) is 5.37. The molecule has 0 saturated carbocycles. The number of benzene rings is 1. The molecule has 9 nitrogen and oxygen atoms in total. The maximum absolute atomic E-state index is 12.1. The number of hydrogen-bond acceptors (Lipinski definition) is 10. The normalized spacial score (nSPS) is 14.1. The summed E-state index contributed by atoms with van der Waals surface area (Å²) in [6, 6.07) is 9.83. The average molecular weight is 388 g/mol. The van der Waals surface area contributed by atoms with E-state index in [4.69, 9.17) is 5.73 Å². The second kappa shape index (κ2) is 7.22. The summed E-state index contributed by atoms with van der Waals surface area (Å²) in [5, 5.41) is 24.5. The molecular formula is C15H16N8OS2. The van der Waals surface area contributed by atoms with Gasteiger partial charge in [0.25, 0.3) is 0 Å². The Morgan fingerprint density at radius 3 is 2.62 bits per heavy atom. The SMILES string of the molecule is Nc1nnc(N2CC(Nc3nnc(NC(=O)Cc4ccccc4)s3)C2)s1. The van der Waals surface area contributed by atoms with E-state index in [2.05, 4.69) is 35.9 Å². The van der Waals surface area contributed by atoms with Crippen LogP contribution in [-0.2, 0) is 11.2 Å². The Hall–Kier alpha value is -2.79. The molecule has 4 N–H and O–H groups in total. The summed E-state index contributed by atoms with van der Waals surface area (Å²) < 4.78 is 0. The van der Waals surface area contributed by atoms with Crippen molar-refractivity contribution in [3.05, 3.63) is 35.9 Å². The van der Waals surface area contributed by atoms with Gasteiger partial charge in [0, 0.05) is 13.1 Å². The van der Waals surface area contributed by atoms with Crippen molar-refractivity contribution in [2.75, 3.05) is 34.4 Å². The molecule has 0 radical (unpaired) electrons. The van der Waals surface area contributed by atoms with Crippen LogP contribution in [0.4, 0.5) is 20.5 Å². The number of hydrogen-bond donors (Lipinski definition) is 3. The minimum atomic E-state index is -0.109. The first-order valence-corrected chi connectivity index (χ1v) is 9.57. The minimum Gasteiger partial charge on any atom is -0.374 e. The Morgan fingerprint density at radius 2 is 1.88 bits per heavy atom. The van der Waals surface area contributed by atoms with Crippen LogP contribution in [0, 0.1) is 0 Å². The molecule has 0 aliphatic carbocycles. The van der Waals surface area contributed by atoms with Gasteiger partial charge in [0.15, 0.2) is 0 Å². The first-order chi connectivity index (χ1) is 12.7. The highest BCUT2D eigenvalue weighted by atomic mass is 32.1. The fraction of sp³-hybridized carbons (Fsp3) is 0.267. The van der Waals surface area contributed by atoms with Crippen LogP contribution in [-0.4, -0.2) is 45.4 Å². The molecule has 1 amide bonds. The van der Waals surface area contributed by atoms with Crippen LogP contribution >= 0.6 is 22.7 Å². The maximum Gasteiger partial charge on any atom is 0.230 e. The van der Waals surface area contributed by atoms with Crippen molar-refractivity contribution >= 4 is 49.1 Å². The lowest BCUT2D eigenvalue weighted by Crippen LogP contribution is -2.54. The van der Waals surface area contributed by atoms with E-state index in [1.165, 1.54) is 22.7 Å². The Balaban J connectivity index is 1.25. The lowest BCUT2D eigenvalue weighted by Gasteiger charge is -2.38. The highest BCUT2D eigenvalue weighted by molar-refractivity contribution is 7.19. The Morgan fingerprint density at radius 1 is 1.12 bits per heavy atom. The molecule has 0 atom stereocenters. The molecule has 4 rings (SSSR count). The van der Waals surface area contributed by atoms with Gasteiger partial charge in [-0.05, 0) is 5.56 Å². The van der Waals surface area contributed by atoms with Crippen molar-refractivity contribution in [3.63, 3.8) is 0 Å². The first kappa shape index (κ1) is 16.7. The second-order valence-corrected chi connectivity index (χ2v) is 7.76. The number of rotatable bonds is 6. The van der Waals surface area contributed by atoms with Gasteiger partial charge in [-0.25, -0.2) is 0 Å². The number of nitrogens with two attached hydrogens (primary N) is 1. The molecule has 1 aromatic carbocycles. The van der Waals surface area contributed by atoms with Gasteiger partial charge < -0.3 is 21.3 Å². The number of amides is 1. The lowest BCUT2D eigenvalue weighted by molar-refractivity contribution is -0.115. The molecule has 134 valence electrons. The molecule has 3 heterocycles. The maximum atomic E-state index is 12.1. The second-order valence-electron chi connectivity index (χ2n) is 5.79. The highest BCUT2D eigenvalue weighted by Gasteiger charge is 2.30. The van der Waals surface area contributed by atoms with Crippen LogP contribution < -0.4 is 21.3 Å². The predicted molar refractivity (Wildman–Crippen MR) is 103 cm³/mol. The third kappa shape index (κ3) is 3.89. The fourth-order valence-electron chi connectivity index (χ4n) is 2.53. The Bertz CT molecular complexity index is 890. The molecule has 3 aromatic rings. The molecule has 1 aliphatic heterocycles. The van der Waals surface area contributed by atoms with E-state index >= 15 is 0 Å². The zero-order valence-corrected chi connectivity index (χ0v) is 15.3. The number of aromatic nitrogens is 4. The van der Waals surface area contributed by atoms with Crippen LogP contribution in [0.1, 0.15) is 5.56 Å². The summed E-state index contributed by atoms with van der Waals surface area (Å²) in [6.07, 6.45) is 0.311. The largest absolute Gasteiger partial charge is 0.374 e. The van der Waals surface area contributed by atoms with Gasteiger partial charge in [0.2, 0.25) is 26.4 Å². The van der Waals surface area contributed by atoms with Gasteiger partial charge in [-0.1, -0.05) is 53.0 Å². The van der Waals surface area contributed by atoms with Crippen LogP contribution in [0.2, 0.25) is 0 Å². The first-order valence-electron chi connectivity index (χ1n) is 7.93. The van der Waals surface area contributed by atoms with E-state index in [9.17, 15) is 4.79 Å². The molecule has 26 heavy (non-hydrogen) atoms. The van der Waals surface area contributed by atoms with Crippen LogP contribution in [0.25, 0.3) is 0 Å². The standard InChI is InChI=1S/C15H16N8OS2/c16-12-19-22-15(25-12)23-7-10(8-23)17-13-20-21-14(26-13)18-11(24)6-9-4-2-1-3-5-9/h1-5,10H,6-8H2,(H2,16,19)(H,17,20)(H,18,21,24). The smallest absolute Gasteiger partial charge is 0.230 e. The van der Waals surface area contributed by atoms with Gasteiger partial charge in [0.1, 0.15) is 0 Å². The zero-order chi connectivity index (χ0) is 17.9. The van der Waals surface area contributed by atoms with E-state index in [-0.39, 0.29) is 11.9 Å². The van der Waals surface area contributed by atoms with E-state index < -0.39 is 0 Å². The van der Waals surface area contributed by atoms with Crippen molar-refractivity contribution in [1.29, 1.82) is 0 Å². The number of carbonyl (C=O) groups is 1. The highest BCUT2D eigenvalue weighted by Crippen LogP contribution is 2.28. The average Bonchev–Trinajstić information content (AvgIpc) is 3.20. The van der Waals surface area contributed by atoms with Crippen molar-refractivity contribution in [2.24, 2.45) is 0 Å². The van der Waals surface area contributed by atoms with Crippen LogP contribution in [0.3, 0.4) is 0 Å². The third-order valence-electron chi connectivity index (χ3n) is 3.79. The van der Waals surface area contributed by atoms with Gasteiger partial charge in [-0.3, -0.25) is 4.79 Å². The molecule has 0 unspecified atom stereocenters. The van der Waals surface area contributed by atoms with E-state index in [0.717, 1.165) is 23.8 Å². The summed E-state index contributed by atoms with van der Waals surface area (Å²) >= 11 is 2.69. The summed E-state index contributed by atoms with van der Waals surface area (Å²) in [7, 11) is 0. The van der Waals surface area contributed by atoms with Crippen molar-refractivity contribution < 1.29 is 4.79 Å². The molecule has 1 aliphatic rings. The molecule has 1 fully saturated rings. The number of nitrogens with zero attached hydrogens (tertiary/aromatic N) is 5. The van der Waals surface area contributed by atoms with Gasteiger partial charge in [-0.15, -0.1) is 20.4 Å². The summed E-state index contributed by atoms with van der Waals surface area (Å²) in [5.74, 6) is -0.109. The number of carbonyl (C=O) groups excluding carboxylic acids is 1. The quantitative estimate of drug-likeness (QED) is 0.580. The number of nitrogen functional groups attached to an aromatic ring is 1. The summed E-state index contributed by atoms with van der Waals surface area (Å²) in [4.78, 5) is 14.2. The zero-order valence-electron chi connectivity index (χ0n) is 13.6. The van der Waals surface area contributed by atoms with Gasteiger partial charge in [-0.2, -0.15) is 0 Å². The van der Waals surface area contributed by atoms with E-state index in [0.29, 0.717) is 21.8 Å². The molecule has 1 saturated heterocycles. The number of anilines is 4. The molecule has 0 bridgehead atoms. The van der Waals surface area contributed by atoms with E-state index in [1.807, 2.05) is 30.3 Å². The van der Waals surface area contributed by atoms with Crippen LogP contribution in [0.15, 0.2) is 30.3 Å². The van der Waals surface area contributed by atoms with Crippen molar-refractivity contribution in [3.8, 4) is 0 Å². The van der Waals surface area contributed by atoms with E-state index in [1.54, 1.807) is 0 Å². The van der Waals surface area contributed by atoms with Gasteiger partial charge in [0.05, 0.1) is 12.5 Å². The predicted octanol–water partition coefficient (Wildman–Crippen LogP) is 1.45. The summed E-state index contributed by atoms with van der Waals surface area (Å²) in [5.41, 5.74) is 6.55. The van der Waals surface area contributed by atoms with Crippen LogP contribution in [0.5, 0.6) is 0 Å².